The molecule has 1 N–H and O–H groups in total. The zero-order valence-electron chi connectivity index (χ0n) is 15.0. The van der Waals surface area contributed by atoms with Crippen LogP contribution in [-0.2, 0) is 9.53 Å². The Bertz CT molecular complexity index is 542. The van der Waals surface area contributed by atoms with Crippen LogP contribution in [0.3, 0.4) is 0 Å². The fourth-order valence-electron chi connectivity index (χ4n) is 2.18. The zero-order chi connectivity index (χ0) is 17.6. The summed E-state index contributed by atoms with van der Waals surface area (Å²) in [6.45, 7) is 9.97. The van der Waals surface area contributed by atoms with Gasteiger partial charge in [-0.2, -0.15) is 0 Å². The van der Waals surface area contributed by atoms with Gasteiger partial charge in [-0.15, -0.1) is 0 Å². The number of amides is 2. The van der Waals surface area contributed by atoms with Crippen LogP contribution < -0.4 is 5.32 Å². The third-order valence-corrected chi connectivity index (χ3v) is 3.11. The molecule has 0 saturated carbocycles. The highest BCUT2D eigenvalue weighted by molar-refractivity contribution is 5.90. The normalized spacial score (nSPS) is 11.0. The van der Waals surface area contributed by atoms with Crippen molar-refractivity contribution >= 4 is 17.7 Å². The van der Waals surface area contributed by atoms with E-state index in [9.17, 15) is 9.59 Å². The molecule has 1 aromatic carbocycles. The van der Waals surface area contributed by atoms with Crippen LogP contribution in [0.1, 0.15) is 44.7 Å². The molecule has 128 valence electrons. The first kappa shape index (κ1) is 19.0. The van der Waals surface area contributed by atoms with Gasteiger partial charge < -0.3 is 15.0 Å². The summed E-state index contributed by atoms with van der Waals surface area (Å²) >= 11 is 0. The lowest BCUT2D eigenvalue weighted by Crippen LogP contribution is -2.35. The van der Waals surface area contributed by atoms with E-state index in [1.807, 2.05) is 46.8 Å². The van der Waals surface area contributed by atoms with E-state index >= 15 is 0 Å². The van der Waals surface area contributed by atoms with Crippen molar-refractivity contribution in [2.24, 2.45) is 0 Å². The van der Waals surface area contributed by atoms with Gasteiger partial charge in [0.05, 0.1) is 0 Å². The Hall–Kier alpha value is -2.04. The molecule has 0 heterocycles. The van der Waals surface area contributed by atoms with E-state index in [0.717, 1.165) is 16.8 Å². The molecule has 0 aromatic heterocycles. The van der Waals surface area contributed by atoms with E-state index in [-0.39, 0.29) is 12.0 Å². The zero-order valence-corrected chi connectivity index (χ0v) is 15.0. The van der Waals surface area contributed by atoms with Crippen LogP contribution in [0.15, 0.2) is 18.2 Å². The Labute approximate surface area is 139 Å². The largest absolute Gasteiger partial charge is 0.444 e. The average Bonchev–Trinajstić information content (AvgIpc) is 2.34. The average molecular weight is 320 g/mol. The summed E-state index contributed by atoms with van der Waals surface area (Å²) in [4.78, 5) is 25.3. The predicted molar refractivity (Wildman–Crippen MR) is 92.6 cm³/mol. The van der Waals surface area contributed by atoms with Crippen molar-refractivity contribution < 1.29 is 14.3 Å². The van der Waals surface area contributed by atoms with E-state index in [1.54, 1.807) is 7.05 Å². The number of anilines is 1. The summed E-state index contributed by atoms with van der Waals surface area (Å²) in [6, 6.07) is 5.95. The number of ether oxygens (including phenoxy) is 1. The molecular weight excluding hydrogens is 292 g/mol. The van der Waals surface area contributed by atoms with E-state index in [1.165, 1.54) is 4.90 Å². The lowest BCUT2D eigenvalue weighted by molar-refractivity contribution is -0.116. The van der Waals surface area contributed by atoms with Crippen LogP contribution in [0.5, 0.6) is 0 Å². The molecule has 0 radical (unpaired) electrons. The highest BCUT2D eigenvalue weighted by Gasteiger charge is 2.19. The first-order valence-electron chi connectivity index (χ1n) is 7.89. The van der Waals surface area contributed by atoms with Gasteiger partial charge in [0.15, 0.2) is 0 Å². The molecule has 0 saturated heterocycles. The van der Waals surface area contributed by atoms with Crippen molar-refractivity contribution in [2.75, 3.05) is 18.9 Å². The second-order valence-electron chi connectivity index (χ2n) is 6.93. The minimum atomic E-state index is -0.508. The van der Waals surface area contributed by atoms with Crippen molar-refractivity contribution in [3.05, 3.63) is 29.3 Å². The lowest BCUT2D eigenvalue weighted by Gasteiger charge is -2.24. The smallest absolute Gasteiger partial charge is 0.410 e. The third kappa shape index (κ3) is 7.68. The van der Waals surface area contributed by atoms with Gasteiger partial charge in [0.25, 0.3) is 0 Å². The van der Waals surface area contributed by atoms with Crippen LogP contribution in [-0.4, -0.2) is 36.1 Å². The molecule has 0 aliphatic carbocycles. The van der Waals surface area contributed by atoms with Gasteiger partial charge in [-0.05, 0) is 64.3 Å². The molecule has 0 aliphatic rings. The molecule has 1 rings (SSSR count). The van der Waals surface area contributed by atoms with Gasteiger partial charge in [0.2, 0.25) is 5.91 Å². The standard InChI is InChI=1S/C18H28N2O3/c1-13-10-14(2)12-15(11-13)19-16(21)8-7-9-20(6)17(22)23-18(3,4)5/h10-12H,7-9H2,1-6H3,(H,19,21). The topological polar surface area (TPSA) is 58.6 Å². The lowest BCUT2D eigenvalue weighted by atomic mass is 10.1. The van der Waals surface area contributed by atoms with Gasteiger partial charge in [0, 0.05) is 25.7 Å². The minimum Gasteiger partial charge on any atom is -0.444 e. The molecule has 23 heavy (non-hydrogen) atoms. The SMILES string of the molecule is Cc1cc(C)cc(NC(=O)CCCN(C)C(=O)OC(C)(C)C)c1. The highest BCUT2D eigenvalue weighted by Crippen LogP contribution is 2.14. The van der Waals surface area contributed by atoms with Gasteiger partial charge in [-0.25, -0.2) is 4.79 Å². The molecule has 1 aromatic rings. The van der Waals surface area contributed by atoms with Gasteiger partial charge >= 0.3 is 6.09 Å². The first-order chi connectivity index (χ1) is 10.6. The number of nitrogens with one attached hydrogen (secondary N) is 1. The van der Waals surface area contributed by atoms with E-state index < -0.39 is 5.60 Å². The highest BCUT2D eigenvalue weighted by atomic mass is 16.6. The number of hydrogen-bond acceptors (Lipinski definition) is 3. The summed E-state index contributed by atoms with van der Waals surface area (Å²) in [6.07, 6.45) is 0.583. The second kappa shape index (κ2) is 7.99. The van der Waals surface area contributed by atoms with Crippen molar-refractivity contribution in [3.63, 3.8) is 0 Å². The Balaban J connectivity index is 2.37. The summed E-state index contributed by atoms with van der Waals surface area (Å²) in [5.74, 6) is -0.0485. The molecule has 2 amide bonds. The van der Waals surface area contributed by atoms with E-state index in [2.05, 4.69) is 11.4 Å². The number of benzene rings is 1. The maximum absolute atomic E-state index is 12.0. The Morgan fingerprint density at radius 3 is 2.22 bits per heavy atom. The van der Waals surface area contributed by atoms with E-state index in [4.69, 9.17) is 4.74 Å². The van der Waals surface area contributed by atoms with Crippen LogP contribution in [0.25, 0.3) is 0 Å². The number of rotatable bonds is 5. The second-order valence-corrected chi connectivity index (χ2v) is 6.93. The summed E-state index contributed by atoms with van der Waals surface area (Å²) in [5.41, 5.74) is 2.54. The number of carbonyl (C=O) groups excluding carboxylic acids is 2. The molecule has 0 aliphatic heterocycles. The molecule has 0 unspecified atom stereocenters. The first-order valence-corrected chi connectivity index (χ1v) is 7.89. The number of nitrogens with zero attached hydrogens (tertiary/aromatic N) is 1. The number of aryl methyl sites for hydroxylation is 2. The van der Waals surface area contributed by atoms with Crippen LogP contribution >= 0.6 is 0 Å². The van der Waals surface area contributed by atoms with Crippen molar-refractivity contribution in [1.29, 1.82) is 0 Å². The van der Waals surface area contributed by atoms with Crippen molar-refractivity contribution in [1.82, 2.24) is 4.90 Å². The van der Waals surface area contributed by atoms with Crippen LogP contribution in [0, 0.1) is 13.8 Å². The number of hydrogen-bond donors (Lipinski definition) is 1. The quantitative estimate of drug-likeness (QED) is 0.895. The van der Waals surface area contributed by atoms with E-state index in [0.29, 0.717) is 19.4 Å². The van der Waals surface area contributed by atoms with Crippen molar-refractivity contribution in [2.45, 2.75) is 53.1 Å². The molecule has 0 atom stereocenters. The molecule has 0 spiro atoms. The minimum absolute atomic E-state index is 0.0485. The summed E-state index contributed by atoms with van der Waals surface area (Å²) < 4.78 is 5.27. The maximum atomic E-state index is 12.0. The van der Waals surface area contributed by atoms with Gasteiger partial charge in [-0.3, -0.25) is 4.79 Å². The Morgan fingerprint density at radius 2 is 1.70 bits per heavy atom. The Kier molecular flexibility index (Phi) is 6.61. The monoisotopic (exact) mass is 320 g/mol. The fourth-order valence-corrected chi connectivity index (χ4v) is 2.18. The molecule has 5 nitrogen and oxygen atoms in total. The fraction of sp³-hybridized carbons (Fsp3) is 0.556. The number of carbonyl (C=O) groups is 2. The third-order valence-electron chi connectivity index (χ3n) is 3.11. The molecule has 5 heteroatoms. The molecule has 0 bridgehead atoms. The summed E-state index contributed by atoms with van der Waals surface area (Å²) in [7, 11) is 1.68. The van der Waals surface area contributed by atoms with Crippen LogP contribution in [0.2, 0.25) is 0 Å². The van der Waals surface area contributed by atoms with Crippen LogP contribution in [0.4, 0.5) is 10.5 Å². The summed E-state index contributed by atoms with van der Waals surface area (Å²) in [5, 5.41) is 2.89. The van der Waals surface area contributed by atoms with Crippen molar-refractivity contribution in [3.8, 4) is 0 Å². The predicted octanol–water partition coefficient (Wildman–Crippen LogP) is 3.89. The molecular formula is C18H28N2O3. The van der Waals surface area contributed by atoms with Gasteiger partial charge in [-0.1, -0.05) is 6.07 Å². The molecule has 0 fully saturated rings. The van der Waals surface area contributed by atoms with Gasteiger partial charge in [0.1, 0.15) is 5.60 Å². The maximum Gasteiger partial charge on any atom is 0.410 e. The Morgan fingerprint density at radius 1 is 1.13 bits per heavy atom.